The van der Waals surface area contributed by atoms with Crippen LogP contribution < -0.4 is 0 Å². The smallest absolute Gasteiger partial charge is 0.207 e. The third kappa shape index (κ3) is 3.52. The van der Waals surface area contributed by atoms with Gasteiger partial charge < -0.3 is 0 Å². The Labute approximate surface area is 120 Å². The molecule has 0 N–H and O–H groups in total. The van der Waals surface area contributed by atoms with Gasteiger partial charge in [-0.2, -0.15) is 4.31 Å². The number of sulfonamides is 1. The van der Waals surface area contributed by atoms with Crippen LogP contribution in [0.4, 0.5) is 8.78 Å². The maximum Gasteiger partial charge on any atom is 0.247 e. The molecule has 1 aromatic carbocycles. The molecule has 0 bridgehead atoms. The molecule has 0 spiro atoms. The average molecular weight is 356 g/mol. The minimum absolute atomic E-state index is 0.105. The van der Waals surface area contributed by atoms with Gasteiger partial charge in [-0.05, 0) is 42.3 Å². The van der Waals surface area contributed by atoms with E-state index in [1.165, 1.54) is 4.31 Å². The van der Waals surface area contributed by atoms with Crippen molar-refractivity contribution in [3.8, 4) is 0 Å². The fourth-order valence-electron chi connectivity index (χ4n) is 1.77. The highest BCUT2D eigenvalue weighted by Gasteiger charge is 2.31. The summed E-state index contributed by atoms with van der Waals surface area (Å²) in [5.74, 6) is -1.91. The monoisotopic (exact) mass is 355 g/mol. The van der Waals surface area contributed by atoms with Crippen molar-refractivity contribution >= 4 is 26.0 Å². The van der Waals surface area contributed by atoms with Gasteiger partial charge in [-0.1, -0.05) is 6.92 Å². The summed E-state index contributed by atoms with van der Waals surface area (Å²) < 4.78 is 52.8. The molecular formula is C12H16BrF2NO2S. The highest BCUT2D eigenvalue weighted by atomic mass is 79.9. The van der Waals surface area contributed by atoms with Crippen LogP contribution in [0.5, 0.6) is 0 Å². The van der Waals surface area contributed by atoms with Gasteiger partial charge in [0, 0.05) is 23.1 Å². The number of nitrogens with zero attached hydrogens (tertiary/aromatic N) is 1. The first kappa shape index (κ1) is 16.5. The lowest BCUT2D eigenvalue weighted by atomic mass is 10.3. The summed E-state index contributed by atoms with van der Waals surface area (Å²) in [5, 5.41) is 0. The van der Waals surface area contributed by atoms with Crippen LogP contribution in [0.15, 0.2) is 21.5 Å². The first-order chi connectivity index (χ1) is 8.71. The topological polar surface area (TPSA) is 37.4 Å². The lowest BCUT2D eigenvalue weighted by Crippen LogP contribution is -2.38. The summed E-state index contributed by atoms with van der Waals surface area (Å²) in [6.07, 6.45) is 0.609. The van der Waals surface area contributed by atoms with Crippen LogP contribution in [-0.4, -0.2) is 25.3 Å². The van der Waals surface area contributed by atoms with E-state index in [9.17, 15) is 17.2 Å². The van der Waals surface area contributed by atoms with E-state index >= 15 is 0 Å². The Hall–Kier alpha value is -0.530. The van der Waals surface area contributed by atoms with Crippen LogP contribution in [0.25, 0.3) is 0 Å². The maximum absolute atomic E-state index is 13.8. The van der Waals surface area contributed by atoms with Crippen LogP contribution >= 0.6 is 15.9 Å². The predicted molar refractivity (Wildman–Crippen MR) is 73.4 cm³/mol. The summed E-state index contributed by atoms with van der Waals surface area (Å²) >= 11 is 2.92. The first-order valence-corrected chi connectivity index (χ1v) is 8.11. The van der Waals surface area contributed by atoms with Crippen LogP contribution in [0.2, 0.25) is 0 Å². The van der Waals surface area contributed by atoms with Gasteiger partial charge >= 0.3 is 0 Å². The molecular weight excluding hydrogens is 340 g/mol. The minimum atomic E-state index is -4.00. The van der Waals surface area contributed by atoms with Crippen molar-refractivity contribution < 1.29 is 17.2 Å². The van der Waals surface area contributed by atoms with Gasteiger partial charge in [-0.25, -0.2) is 17.2 Å². The largest absolute Gasteiger partial charge is 0.247 e. The first-order valence-electron chi connectivity index (χ1n) is 5.88. The second-order valence-corrected chi connectivity index (χ2v) is 7.09. The zero-order chi connectivity index (χ0) is 14.8. The molecule has 1 aromatic rings. The summed E-state index contributed by atoms with van der Waals surface area (Å²) in [5.41, 5.74) is 0. The molecule has 0 aliphatic heterocycles. The van der Waals surface area contributed by atoms with Crippen molar-refractivity contribution in [3.63, 3.8) is 0 Å². The van der Waals surface area contributed by atoms with Gasteiger partial charge in [0.05, 0.1) is 0 Å². The van der Waals surface area contributed by atoms with E-state index in [4.69, 9.17) is 0 Å². The quantitative estimate of drug-likeness (QED) is 0.809. The Balaban J connectivity index is 3.42. The number of hydrogen-bond donors (Lipinski definition) is 0. The lowest BCUT2D eigenvalue weighted by molar-refractivity contribution is 0.351. The number of benzene rings is 1. The molecule has 1 rings (SSSR count). The van der Waals surface area contributed by atoms with Gasteiger partial charge in [-0.15, -0.1) is 0 Å². The average Bonchev–Trinajstić information content (AvgIpc) is 2.22. The molecule has 7 heteroatoms. The van der Waals surface area contributed by atoms with Gasteiger partial charge in [0.15, 0.2) is 0 Å². The van der Waals surface area contributed by atoms with Crippen molar-refractivity contribution in [2.75, 3.05) is 6.54 Å². The summed E-state index contributed by atoms with van der Waals surface area (Å²) in [7, 11) is -4.00. The molecule has 0 aliphatic carbocycles. The maximum atomic E-state index is 13.8. The van der Waals surface area contributed by atoms with Crippen molar-refractivity contribution in [2.24, 2.45) is 0 Å². The zero-order valence-corrected chi connectivity index (χ0v) is 13.4. The minimum Gasteiger partial charge on any atom is -0.207 e. The molecule has 0 radical (unpaired) electrons. The van der Waals surface area contributed by atoms with Crippen LogP contribution in [0, 0.1) is 11.6 Å². The second kappa shape index (κ2) is 6.28. The van der Waals surface area contributed by atoms with Gasteiger partial charge in [0.2, 0.25) is 10.0 Å². The molecule has 0 fully saturated rings. The van der Waals surface area contributed by atoms with E-state index in [2.05, 4.69) is 15.9 Å². The molecule has 0 atom stereocenters. The highest BCUT2D eigenvalue weighted by molar-refractivity contribution is 9.10. The zero-order valence-electron chi connectivity index (χ0n) is 11.0. The third-order valence-corrected chi connectivity index (χ3v) is 5.59. The van der Waals surface area contributed by atoms with Crippen molar-refractivity contribution in [3.05, 3.63) is 28.2 Å². The van der Waals surface area contributed by atoms with E-state index in [0.717, 1.165) is 6.07 Å². The Morgan fingerprint density at radius 2 is 1.89 bits per heavy atom. The second-order valence-electron chi connectivity index (χ2n) is 4.41. The SMILES string of the molecule is CCCN(C(C)C)S(=O)(=O)c1c(F)cc(F)cc1Br. The van der Waals surface area contributed by atoms with Crippen molar-refractivity contribution in [1.82, 2.24) is 4.31 Å². The van der Waals surface area contributed by atoms with E-state index in [1.807, 2.05) is 6.92 Å². The van der Waals surface area contributed by atoms with Crippen molar-refractivity contribution in [2.45, 2.75) is 38.1 Å². The Kier molecular flexibility index (Phi) is 5.46. The molecule has 0 amide bonds. The summed E-state index contributed by atoms with van der Waals surface area (Å²) in [6.45, 7) is 5.54. The van der Waals surface area contributed by atoms with Gasteiger partial charge in [0.25, 0.3) is 0 Å². The standard InChI is InChI=1S/C12H16BrF2NO2S/c1-4-5-16(8(2)3)19(17,18)12-10(13)6-9(14)7-11(12)15/h6-8H,4-5H2,1-3H3. The van der Waals surface area contributed by atoms with E-state index in [-0.39, 0.29) is 17.1 Å². The molecule has 0 unspecified atom stereocenters. The van der Waals surface area contributed by atoms with Crippen molar-refractivity contribution in [1.29, 1.82) is 0 Å². The molecule has 108 valence electrons. The predicted octanol–water partition coefficient (Wildman–Crippen LogP) is 3.54. The molecule has 3 nitrogen and oxygen atoms in total. The number of hydrogen-bond acceptors (Lipinski definition) is 2. The third-order valence-electron chi connectivity index (χ3n) is 2.55. The molecule has 0 heterocycles. The lowest BCUT2D eigenvalue weighted by Gasteiger charge is -2.26. The molecule has 0 aliphatic rings. The Bertz CT molecular complexity index is 538. The van der Waals surface area contributed by atoms with Gasteiger partial charge in [0.1, 0.15) is 16.5 Å². The summed E-state index contributed by atoms with van der Waals surface area (Å²) in [6, 6.07) is 1.21. The fourth-order valence-corrected chi connectivity index (χ4v) is 4.61. The normalized spacial score (nSPS) is 12.4. The van der Waals surface area contributed by atoms with Gasteiger partial charge in [-0.3, -0.25) is 0 Å². The molecule has 0 aromatic heterocycles. The number of halogens is 3. The molecule has 0 saturated carbocycles. The van der Waals surface area contributed by atoms with E-state index in [1.54, 1.807) is 13.8 Å². The molecule has 19 heavy (non-hydrogen) atoms. The van der Waals surface area contributed by atoms with Crippen LogP contribution in [-0.2, 0) is 10.0 Å². The summed E-state index contributed by atoms with van der Waals surface area (Å²) in [4.78, 5) is -0.518. The van der Waals surface area contributed by atoms with Crippen LogP contribution in [0.1, 0.15) is 27.2 Å². The highest BCUT2D eigenvalue weighted by Crippen LogP contribution is 2.29. The fraction of sp³-hybridized carbons (Fsp3) is 0.500. The molecule has 0 saturated heterocycles. The van der Waals surface area contributed by atoms with E-state index < -0.39 is 26.6 Å². The number of rotatable bonds is 5. The Morgan fingerprint density at radius 3 is 2.32 bits per heavy atom. The van der Waals surface area contributed by atoms with E-state index in [0.29, 0.717) is 12.5 Å². The van der Waals surface area contributed by atoms with Crippen LogP contribution in [0.3, 0.4) is 0 Å². The Morgan fingerprint density at radius 1 is 1.32 bits per heavy atom.